The third kappa shape index (κ3) is 4.32. The normalized spacial score (nSPS) is 14.0. The minimum Gasteiger partial charge on any atom is -0.293 e. The van der Waals surface area contributed by atoms with Crippen LogP contribution in [0.25, 0.3) is 99.8 Å². The van der Waals surface area contributed by atoms with Crippen LogP contribution in [0.4, 0.5) is 0 Å². The molecule has 0 atom stereocenters. The molecular formula is C52H35N3. The van der Waals surface area contributed by atoms with Crippen molar-refractivity contribution in [2.75, 3.05) is 0 Å². The van der Waals surface area contributed by atoms with Crippen molar-refractivity contribution in [1.82, 2.24) is 14.5 Å². The smallest absolute Gasteiger partial charge is 0.162 e. The Balaban J connectivity index is 1.18. The van der Waals surface area contributed by atoms with Gasteiger partial charge in [-0.25, -0.2) is 9.97 Å². The summed E-state index contributed by atoms with van der Waals surface area (Å²) in [7, 11) is 0. The molecule has 3 heteroatoms. The van der Waals surface area contributed by atoms with Gasteiger partial charge in [-0.05, 0) is 102 Å². The summed E-state index contributed by atoms with van der Waals surface area (Å²) >= 11 is 0. The SMILES string of the molecule is CC1(C)c2ccccc2-c2cc3c4c(c5c(cc4c21)c1ccccc1n5-c1cc(-c2ccc4ccccc4c2)nc(-c2ccc4ccccc4c2)n1)CC=C3. The van der Waals surface area contributed by atoms with E-state index in [0.717, 1.165) is 34.6 Å². The molecule has 8 aromatic carbocycles. The first-order valence-corrected chi connectivity index (χ1v) is 19.2. The van der Waals surface area contributed by atoms with Gasteiger partial charge in [0.05, 0.1) is 16.7 Å². The van der Waals surface area contributed by atoms with Crippen LogP contribution in [0, 0.1) is 0 Å². The molecule has 0 aliphatic heterocycles. The Labute approximate surface area is 318 Å². The first-order valence-electron chi connectivity index (χ1n) is 19.2. The van der Waals surface area contributed by atoms with Crippen molar-refractivity contribution in [3.8, 4) is 39.6 Å². The minimum atomic E-state index is -0.120. The molecule has 10 aromatic rings. The average molecular weight is 702 g/mol. The fourth-order valence-electron chi connectivity index (χ4n) is 9.84. The largest absolute Gasteiger partial charge is 0.293 e. The predicted molar refractivity (Wildman–Crippen MR) is 230 cm³/mol. The fourth-order valence-corrected chi connectivity index (χ4v) is 9.84. The third-order valence-electron chi connectivity index (χ3n) is 12.3. The van der Waals surface area contributed by atoms with Gasteiger partial charge in [0.1, 0.15) is 5.82 Å². The minimum absolute atomic E-state index is 0.120. The van der Waals surface area contributed by atoms with E-state index in [4.69, 9.17) is 9.97 Å². The Kier molecular flexibility index (Phi) is 6.17. The van der Waals surface area contributed by atoms with Gasteiger partial charge in [0.15, 0.2) is 5.82 Å². The van der Waals surface area contributed by atoms with E-state index >= 15 is 0 Å². The molecule has 2 aliphatic rings. The lowest BCUT2D eigenvalue weighted by Gasteiger charge is -2.26. The highest BCUT2D eigenvalue weighted by Crippen LogP contribution is 2.54. The summed E-state index contributed by atoms with van der Waals surface area (Å²) in [5, 5.41) is 9.99. The summed E-state index contributed by atoms with van der Waals surface area (Å²) < 4.78 is 2.42. The van der Waals surface area contributed by atoms with Crippen LogP contribution in [0.1, 0.15) is 36.1 Å². The van der Waals surface area contributed by atoms with Crippen LogP contribution >= 0.6 is 0 Å². The van der Waals surface area contributed by atoms with Gasteiger partial charge in [-0.15, -0.1) is 0 Å². The van der Waals surface area contributed by atoms with Crippen LogP contribution in [0.2, 0.25) is 0 Å². The number of hydrogen-bond acceptors (Lipinski definition) is 2. The van der Waals surface area contributed by atoms with Crippen LogP contribution in [0.3, 0.4) is 0 Å². The topological polar surface area (TPSA) is 30.7 Å². The molecule has 0 fully saturated rings. The molecule has 12 rings (SSSR count). The lowest BCUT2D eigenvalue weighted by Crippen LogP contribution is -2.16. The van der Waals surface area contributed by atoms with Crippen molar-refractivity contribution in [3.63, 3.8) is 0 Å². The molecule has 0 amide bonds. The molecule has 2 aromatic heterocycles. The highest BCUT2D eigenvalue weighted by Gasteiger charge is 2.38. The van der Waals surface area contributed by atoms with Crippen molar-refractivity contribution in [3.05, 3.63) is 180 Å². The molecule has 0 N–H and O–H groups in total. The van der Waals surface area contributed by atoms with Crippen molar-refractivity contribution >= 4 is 60.2 Å². The summed E-state index contributed by atoms with van der Waals surface area (Å²) in [5.41, 5.74) is 13.4. The van der Waals surface area contributed by atoms with Gasteiger partial charge >= 0.3 is 0 Å². The van der Waals surface area contributed by atoms with Crippen LogP contribution in [0.15, 0.2) is 158 Å². The monoisotopic (exact) mass is 701 g/mol. The summed E-state index contributed by atoms with van der Waals surface area (Å²) in [6, 6.07) is 55.2. The number of para-hydroxylation sites is 1. The molecular weight excluding hydrogens is 667 g/mol. The number of nitrogens with zero attached hydrogens (tertiary/aromatic N) is 3. The molecule has 0 radical (unpaired) electrons. The van der Waals surface area contributed by atoms with E-state index in [1.54, 1.807) is 0 Å². The first kappa shape index (κ1) is 30.6. The number of aromatic nitrogens is 3. The summed E-state index contributed by atoms with van der Waals surface area (Å²) in [6.45, 7) is 4.80. The Morgan fingerprint density at radius 2 is 1.25 bits per heavy atom. The molecule has 0 saturated heterocycles. The number of allylic oxidation sites excluding steroid dienone is 1. The lowest BCUT2D eigenvalue weighted by molar-refractivity contribution is 0.666. The third-order valence-corrected chi connectivity index (χ3v) is 12.3. The summed E-state index contributed by atoms with van der Waals surface area (Å²) in [6.07, 6.45) is 5.53. The number of benzene rings is 8. The second-order valence-electron chi connectivity index (χ2n) is 15.8. The molecule has 0 spiro atoms. The average Bonchev–Trinajstić information content (AvgIpc) is 3.69. The van der Waals surface area contributed by atoms with Gasteiger partial charge in [0, 0.05) is 33.4 Å². The van der Waals surface area contributed by atoms with Crippen LogP contribution < -0.4 is 0 Å². The quantitative estimate of drug-likeness (QED) is 0.184. The molecule has 0 saturated carbocycles. The van der Waals surface area contributed by atoms with E-state index in [2.05, 4.69) is 182 Å². The van der Waals surface area contributed by atoms with E-state index in [0.29, 0.717) is 5.82 Å². The molecule has 258 valence electrons. The van der Waals surface area contributed by atoms with Crippen LogP contribution in [0.5, 0.6) is 0 Å². The lowest BCUT2D eigenvalue weighted by atomic mass is 9.78. The second-order valence-corrected chi connectivity index (χ2v) is 15.8. The van der Waals surface area contributed by atoms with Crippen molar-refractivity contribution in [1.29, 1.82) is 0 Å². The van der Waals surface area contributed by atoms with Gasteiger partial charge in [-0.3, -0.25) is 4.57 Å². The molecule has 2 aliphatic carbocycles. The van der Waals surface area contributed by atoms with Gasteiger partial charge in [0.2, 0.25) is 0 Å². The molecule has 0 bridgehead atoms. The van der Waals surface area contributed by atoms with E-state index in [1.165, 1.54) is 82.0 Å². The van der Waals surface area contributed by atoms with Gasteiger partial charge in [-0.1, -0.05) is 141 Å². The van der Waals surface area contributed by atoms with E-state index in [1.807, 2.05) is 0 Å². The van der Waals surface area contributed by atoms with Gasteiger partial charge in [-0.2, -0.15) is 0 Å². The zero-order chi connectivity index (χ0) is 36.4. The summed E-state index contributed by atoms with van der Waals surface area (Å²) in [5.74, 6) is 1.58. The van der Waals surface area contributed by atoms with Crippen LogP contribution in [-0.4, -0.2) is 14.5 Å². The van der Waals surface area contributed by atoms with E-state index in [-0.39, 0.29) is 5.41 Å². The Morgan fingerprint density at radius 3 is 2.07 bits per heavy atom. The van der Waals surface area contributed by atoms with Gasteiger partial charge < -0.3 is 0 Å². The highest BCUT2D eigenvalue weighted by molar-refractivity contribution is 6.19. The molecule has 55 heavy (non-hydrogen) atoms. The molecule has 3 nitrogen and oxygen atoms in total. The Bertz CT molecular complexity index is 3230. The predicted octanol–water partition coefficient (Wildman–Crippen LogP) is 13.2. The molecule has 0 unspecified atom stereocenters. The Hall–Kier alpha value is -6.84. The number of fused-ring (bicyclic) bond motifs is 10. The maximum Gasteiger partial charge on any atom is 0.162 e. The van der Waals surface area contributed by atoms with E-state index in [9.17, 15) is 0 Å². The summed E-state index contributed by atoms with van der Waals surface area (Å²) in [4.78, 5) is 10.8. The standard InChI is InChI=1S/C52H35N3/c1-52(2)44-20-9-7-17-38(44)41-28-36-16-11-19-40-48(36)43(49(41)52)29-42-39-18-8-10-21-46(39)55(50(40)42)47-30-45(35-24-22-31-12-3-5-14-33(31)26-35)53-51(54-47)37-25-23-32-13-4-6-15-34(32)27-37/h3-18,20-30H,19H2,1-2H3. The molecule has 2 heterocycles. The van der Waals surface area contributed by atoms with Crippen LogP contribution in [-0.2, 0) is 11.8 Å². The van der Waals surface area contributed by atoms with Crippen molar-refractivity contribution in [2.45, 2.75) is 25.7 Å². The van der Waals surface area contributed by atoms with Gasteiger partial charge in [0.25, 0.3) is 0 Å². The second kappa shape index (κ2) is 11.1. The number of hydrogen-bond donors (Lipinski definition) is 0. The zero-order valence-corrected chi connectivity index (χ0v) is 30.6. The number of rotatable bonds is 3. The Morgan fingerprint density at radius 1 is 0.564 bits per heavy atom. The first-order chi connectivity index (χ1) is 27.0. The van der Waals surface area contributed by atoms with E-state index < -0.39 is 0 Å². The maximum absolute atomic E-state index is 5.48. The zero-order valence-electron chi connectivity index (χ0n) is 30.6. The fraction of sp³-hybridized carbons (Fsp3) is 0.0769. The van der Waals surface area contributed by atoms with Crippen molar-refractivity contribution < 1.29 is 0 Å². The maximum atomic E-state index is 5.48. The van der Waals surface area contributed by atoms with Crippen molar-refractivity contribution in [2.24, 2.45) is 0 Å². The highest BCUT2D eigenvalue weighted by atomic mass is 15.1.